The van der Waals surface area contributed by atoms with Gasteiger partial charge in [-0.25, -0.2) is 0 Å². The van der Waals surface area contributed by atoms with Gasteiger partial charge >= 0.3 is 0 Å². The Morgan fingerprint density at radius 1 is 1.44 bits per heavy atom. The molecular formula is C11H13Cl2N3. The van der Waals surface area contributed by atoms with Crippen molar-refractivity contribution in [2.24, 2.45) is 10.7 Å². The minimum Gasteiger partial charge on any atom is -0.370 e. The van der Waals surface area contributed by atoms with Gasteiger partial charge < -0.3 is 10.6 Å². The van der Waals surface area contributed by atoms with Crippen molar-refractivity contribution in [1.82, 2.24) is 4.90 Å². The zero-order valence-electron chi connectivity index (χ0n) is 8.95. The molecule has 0 aliphatic carbocycles. The topological polar surface area (TPSA) is 41.6 Å². The van der Waals surface area contributed by atoms with Crippen molar-refractivity contribution in [1.29, 1.82) is 0 Å². The Hall–Kier alpha value is -0.930. The molecule has 1 aromatic rings. The third-order valence-electron chi connectivity index (χ3n) is 2.77. The maximum atomic E-state index is 6.18. The average Bonchev–Trinajstić information content (AvgIpc) is 2.59. The quantitative estimate of drug-likeness (QED) is 0.886. The van der Waals surface area contributed by atoms with Crippen LogP contribution in [0.4, 0.5) is 0 Å². The summed E-state index contributed by atoms with van der Waals surface area (Å²) in [6.45, 7) is 3.44. The SMILES string of the molecule is CCN1C(N)=NCC1c1c(Cl)cccc1Cl. The van der Waals surface area contributed by atoms with E-state index in [2.05, 4.69) is 4.99 Å². The van der Waals surface area contributed by atoms with Crippen LogP contribution in [0.15, 0.2) is 23.2 Å². The first kappa shape index (κ1) is 11.6. The monoisotopic (exact) mass is 257 g/mol. The molecule has 0 saturated carbocycles. The summed E-state index contributed by atoms with van der Waals surface area (Å²) in [6, 6.07) is 5.58. The predicted molar refractivity (Wildman–Crippen MR) is 68.1 cm³/mol. The summed E-state index contributed by atoms with van der Waals surface area (Å²) in [4.78, 5) is 6.24. The van der Waals surface area contributed by atoms with E-state index >= 15 is 0 Å². The molecule has 2 N–H and O–H groups in total. The van der Waals surface area contributed by atoms with E-state index in [-0.39, 0.29) is 6.04 Å². The van der Waals surface area contributed by atoms with Gasteiger partial charge in [0.15, 0.2) is 5.96 Å². The average molecular weight is 258 g/mol. The van der Waals surface area contributed by atoms with Gasteiger partial charge in [0.1, 0.15) is 0 Å². The first-order valence-corrected chi connectivity index (χ1v) is 5.91. The normalized spacial score (nSPS) is 20.1. The fraction of sp³-hybridized carbons (Fsp3) is 0.364. The summed E-state index contributed by atoms with van der Waals surface area (Å²) in [5, 5.41) is 1.33. The number of guanidine groups is 1. The summed E-state index contributed by atoms with van der Waals surface area (Å²) >= 11 is 12.4. The molecule has 1 unspecified atom stereocenters. The summed E-state index contributed by atoms with van der Waals surface area (Å²) in [5.74, 6) is 0.559. The molecule has 1 aliphatic rings. The van der Waals surface area contributed by atoms with E-state index in [1.807, 2.05) is 30.0 Å². The molecule has 16 heavy (non-hydrogen) atoms. The van der Waals surface area contributed by atoms with Crippen LogP contribution in [0.25, 0.3) is 0 Å². The molecule has 86 valence electrons. The molecule has 0 aromatic heterocycles. The first-order chi connectivity index (χ1) is 7.65. The number of hydrogen-bond donors (Lipinski definition) is 1. The number of rotatable bonds is 2. The summed E-state index contributed by atoms with van der Waals surface area (Å²) in [6.07, 6.45) is 0. The number of aliphatic imine (C=N–C) groups is 1. The second-order valence-corrected chi connectivity index (χ2v) is 4.45. The maximum Gasteiger partial charge on any atom is 0.191 e. The molecule has 1 heterocycles. The number of nitrogens with two attached hydrogens (primary N) is 1. The Morgan fingerprint density at radius 2 is 2.06 bits per heavy atom. The zero-order valence-corrected chi connectivity index (χ0v) is 10.5. The van der Waals surface area contributed by atoms with E-state index in [1.165, 1.54) is 0 Å². The van der Waals surface area contributed by atoms with Crippen molar-refractivity contribution < 1.29 is 0 Å². The molecule has 0 saturated heterocycles. The highest BCUT2D eigenvalue weighted by Gasteiger charge is 2.29. The Kier molecular flexibility index (Phi) is 3.26. The van der Waals surface area contributed by atoms with Crippen LogP contribution in [-0.2, 0) is 0 Å². The van der Waals surface area contributed by atoms with Gasteiger partial charge in [0.2, 0.25) is 0 Å². The lowest BCUT2D eigenvalue weighted by Gasteiger charge is -2.26. The van der Waals surface area contributed by atoms with E-state index in [4.69, 9.17) is 28.9 Å². The Morgan fingerprint density at radius 3 is 2.62 bits per heavy atom. The van der Waals surface area contributed by atoms with Gasteiger partial charge in [-0.1, -0.05) is 29.3 Å². The minimum absolute atomic E-state index is 0.0613. The minimum atomic E-state index is 0.0613. The fourth-order valence-corrected chi connectivity index (χ4v) is 2.64. The molecule has 1 atom stereocenters. The third-order valence-corrected chi connectivity index (χ3v) is 3.43. The second-order valence-electron chi connectivity index (χ2n) is 3.64. The standard InChI is InChI=1S/C11H13Cl2N3/c1-2-16-9(6-15-11(16)14)10-7(12)4-3-5-8(10)13/h3-5,9H,2,6H2,1H3,(H2,14,15). The van der Waals surface area contributed by atoms with Gasteiger partial charge in [0.25, 0.3) is 0 Å². The van der Waals surface area contributed by atoms with Gasteiger partial charge in [0, 0.05) is 22.2 Å². The van der Waals surface area contributed by atoms with Crippen molar-refractivity contribution in [2.75, 3.05) is 13.1 Å². The molecule has 2 rings (SSSR count). The third kappa shape index (κ3) is 1.85. The molecule has 5 heteroatoms. The predicted octanol–water partition coefficient (Wildman–Crippen LogP) is 2.68. The fourth-order valence-electron chi connectivity index (χ4n) is 1.99. The highest BCUT2D eigenvalue weighted by atomic mass is 35.5. The van der Waals surface area contributed by atoms with E-state index < -0.39 is 0 Å². The molecule has 0 spiro atoms. The van der Waals surface area contributed by atoms with Crippen LogP contribution in [0, 0.1) is 0 Å². The van der Waals surface area contributed by atoms with Crippen LogP contribution in [-0.4, -0.2) is 23.9 Å². The molecule has 0 bridgehead atoms. The summed E-state index contributed by atoms with van der Waals surface area (Å²) in [7, 11) is 0. The van der Waals surface area contributed by atoms with Crippen molar-refractivity contribution in [3.8, 4) is 0 Å². The smallest absolute Gasteiger partial charge is 0.191 e. The van der Waals surface area contributed by atoms with Gasteiger partial charge in [-0.15, -0.1) is 0 Å². The van der Waals surface area contributed by atoms with Gasteiger partial charge in [-0.3, -0.25) is 4.99 Å². The van der Waals surface area contributed by atoms with E-state index in [0.29, 0.717) is 22.5 Å². The van der Waals surface area contributed by atoms with Crippen LogP contribution >= 0.6 is 23.2 Å². The van der Waals surface area contributed by atoms with Crippen molar-refractivity contribution in [3.63, 3.8) is 0 Å². The molecule has 1 aliphatic heterocycles. The van der Waals surface area contributed by atoms with E-state index in [1.54, 1.807) is 0 Å². The molecular weight excluding hydrogens is 245 g/mol. The van der Waals surface area contributed by atoms with Gasteiger partial charge in [-0.05, 0) is 19.1 Å². The molecule has 3 nitrogen and oxygen atoms in total. The highest BCUT2D eigenvalue weighted by molar-refractivity contribution is 6.36. The second kappa shape index (κ2) is 4.52. The van der Waals surface area contributed by atoms with Gasteiger partial charge in [-0.2, -0.15) is 0 Å². The van der Waals surface area contributed by atoms with Crippen molar-refractivity contribution in [2.45, 2.75) is 13.0 Å². The Balaban J connectivity index is 2.39. The number of likely N-dealkylation sites (N-methyl/N-ethyl adjacent to an activating group) is 1. The Bertz CT molecular complexity index is 411. The number of benzene rings is 1. The molecule has 0 fully saturated rings. The summed E-state index contributed by atoms with van der Waals surface area (Å²) in [5.41, 5.74) is 6.72. The molecule has 1 aromatic carbocycles. The number of hydrogen-bond acceptors (Lipinski definition) is 3. The largest absolute Gasteiger partial charge is 0.370 e. The first-order valence-electron chi connectivity index (χ1n) is 5.15. The summed E-state index contributed by atoms with van der Waals surface area (Å²) < 4.78 is 0. The lowest BCUT2D eigenvalue weighted by molar-refractivity contribution is 0.364. The van der Waals surface area contributed by atoms with Crippen molar-refractivity contribution in [3.05, 3.63) is 33.8 Å². The van der Waals surface area contributed by atoms with Crippen LogP contribution in [0.2, 0.25) is 10.0 Å². The lowest BCUT2D eigenvalue weighted by atomic mass is 10.1. The van der Waals surface area contributed by atoms with Crippen molar-refractivity contribution >= 4 is 29.2 Å². The van der Waals surface area contributed by atoms with Crippen LogP contribution in [0.1, 0.15) is 18.5 Å². The highest BCUT2D eigenvalue weighted by Crippen LogP contribution is 2.35. The van der Waals surface area contributed by atoms with E-state index in [0.717, 1.165) is 12.1 Å². The van der Waals surface area contributed by atoms with Crippen LogP contribution in [0.3, 0.4) is 0 Å². The van der Waals surface area contributed by atoms with Crippen LogP contribution in [0.5, 0.6) is 0 Å². The van der Waals surface area contributed by atoms with Gasteiger partial charge in [0.05, 0.1) is 12.6 Å². The van der Waals surface area contributed by atoms with Crippen LogP contribution < -0.4 is 5.73 Å². The number of halogens is 2. The maximum absolute atomic E-state index is 6.18. The zero-order chi connectivity index (χ0) is 11.7. The number of nitrogens with zero attached hydrogens (tertiary/aromatic N) is 2. The molecule has 0 radical (unpaired) electrons. The Labute approximate surface area is 105 Å². The van der Waals surface area contributed by atoms with E-state index in [9.17, 15) is 0 Å². The molecule has 0 amide bonds. The lowest BCUT2D eigenvalue weighted by Crippen LogP contribution is -2.36.